The van der Waals surface area contributed by atoms with Crippen molar-refractivity contribution in [3.63, 3.8) is 0 Å². The largest absolute Gasteiger partial charge is 0.325 e. The number of aromatic nitrogens is 1. The third-order valence-electron chi connectivity index (χ3n) is 1.85. The van der Waals surface area contributed by atoms with E-state index in [0.717, 1.165) is 21.3 Å². The highest BCUT2D eigenvalue weighted by molar-refractivity contribution is 7.09. The van der Waals surface area contributed by atoms with E-state index < -0.39 is 0 Å². The summed E-state index contributed by atoms with van der Waals surface area (Å²) in [4.78, 5) is 4.37. The van der Waals surface area contributed by atoms with Crippen LogP contribution in [0, 0.1) is 0 Å². The van der Waals surface area contributed by atoms with Crippen LogP contribution in [0.3, 0.4) is 0 Å². The second-order valence-electron chi connectivity index (χ2n) is 2.84. The fraction of sp³-hybridized carbons (Fsp3) is 0.100. The number of nitrogens with zero attached hydrogens (tertiary/aromatic N) is 1. The second-order valence-corrected chi connectivity index (χ2v) is 4.22. The molecule has 2 rings (SSSR count). The van der Waals surface area contributed by atoms with Gasteiger partial charge in [-0.15, -0.1) is 23.7 Å². The number of halogens is 2. The van der Waals surface area contributed by atoms with E-state index in [4.69, 9.17) is 17.3 Å². The van der Waals surface area contributed by atoms with Gasteiger partial charge in [-0.1, -0.05) is 23.7 Å². The fourth-order valence-corrected chi connectivity index (χ4v) is 2.06. The Balaban J connectivity index is 0.00000112. The maximum Gasteiger partial charge on any atom is 0.107 e. The third-order valence-corrected chi connectivity index (χ3v) is 2.95. The Kier molecular flexibility index (Phi) is 4.54. The molecule has 5 heteroatoms. The Morgan fingerprint density at radius 1 is 1.40 bits per heavy atom. The first-order chi connectivity index (χ1) is 6.79. The molecule has 0 saturated heterocycles. The summed E-state index contributed by atoms with van der Waals surface area (Å²) in [7, 11) is 0. The number of benzene rings is 1. The maximum absolute atomic E-state index is 5.89. The molecule has 80 valence electrons. The van der Waals surface area contributed by atoms with E-state index in [1.165, 1.54) is 0 Å². The van der Waals surface area contributed by atoms with Crippen molar-refractivity contribution >= 4 is 35.3 Å². The van der Waals surface area contributed by atoms with Gasteiger partial charge >= 0.3 is 0 Å². The molecule has 2 aromatic rings. The molecule has 1 aromatic carbocycles. The Labute approximate surface area is 104 Å². The van der Waals surface area contributed by atoms with E-state index in [1.807, 2.05) is 29.6 Å². The molecule has 0 radical (unpaired) electrons. The summed E-state index contributed by atoms with van der Waals surface area (Å²) in [6.45, 7) is 0.491. The van der Waals surface area contributed by atoms with E-state index in [0.29, 0.717) is 6.54 Å². The molecular weight excluding hydrogens is 251 g/mol. The third kappa shape index (κ3) is 2.92. The zero-order chi connectivity index (χ0) is 9.97. The van der Waals surface area contributed by atoms with Crippen LogP contribution in [0.4, 0.5) is 0 Å². The van der Waals surface area contributed by atoms with Crippen molar-refractivity contribution in [2.24, 2.45) is 5.73 Å². The second kappa shape index (κ2) is 5.47. The Bertz CT molecular complexity index is 442. The molecule has 2 N–H and O–H groups in total. The number of rotatable bonds is 2. The van der Waals surface area contributed by atoms with Gasteiger partial charge in [0.05, 0.1) is 5.69 Å². The molecule has 0 unspecified atom stereocenters. The molecule has 0 aliphatic heterocycles. The normalized spacial score (nSPS) is 9.73. The van der Waals surface area contributed by atoms with Crippen LogP contribution in [-0.2, 0) is 6.54 Å². The zero-order valence-corrected chi connectivity index (χ0v) is 10.2. The van der Waals surface area contributed by atoms with E-state index in [2.05, 4.69) is 4.98 Å². The van der Waals surface area contributed by atoms with E-state index in [-0.39, 0.29) is 12.4 Å². The lowest BCUT2D eigenvalue weighted by atomic mass is 10.2. The number of thiazole rings is 1. The van der Waals surface area contributed by atoms with Gasteiger partial charge in [-0.25, -0.2) is 4.98 Å². The molecule has 0 spiro atoms. The average molecular weight is 261 g/mol. The lowest BCUT2D eigenvalue weighted by Crippen LogP contribution is -1.94. The van der Waals surface area contributed by atoms with Crippen molar-refractivity contribution in [3.8, 4) is 11.3 Å². The Morgan fingerprint density at radius 3 is 2.80 bits per heavy atom. The maximum atomic E-state index is 5.89. The van der Waals surface area contributed by atoms with Crippen molar-refractivity contribution in [2.45, 2.75) is 6.54 Å². The van der Waals surface area contributed by atoms with Crippen molar-refractivity contribution in [2.75, 3.05) is 0 Å². The highest BCUT2D eigenvalue weighted by Crippen LogP contribution is 2.23. The molecule has 0 aliphatic carbocycles. The molecule has 0 saturated carbocycles. The van der Waals surface area contributed by atoms with Crippen LogP contribution in [0.1, 0.15) is 5.01 Å². The molecule has 15 heavy (non-hydrogen) atoms. The highest BCUT2D eigenvalue weighted by Gasteiger charge is 2.03. The van der Waals surface area contributed by atoms with E-state index >= 15 is 0 Å². The number of hydrogen-bond acceptors (Lipinski definition) is 3. The van der Waals surface area contributed by atoms with Crippen LogP contribution in [0.5, 0.6) is 0 Å². The van der Waals surface area contributed by atoms with Gasteiger partial charge in [-0.3, -0.25) is 0 Å². The molecule has 1 heterocycles. The first kappa shape index (κ1) is 12.5. The monoisotopic (exact) mass is 260 g/mol. The predicted molar refractivity (Wildman–Crippen MR) is 67.7 cm³/mol. The topological polar surface area (TPSA) is 38.9 Å². The van der Waals surface area contributed by atoms with Crippen LogP contribution < -0.4 is 5.73 Å². The molecule has 0 fully saturated rings. The van der Waals surface area contributed by atoms with Gasteiger partial charge in [0, 0.05) is 22.5 Å². The first-order valence-electron chi connectivity index (χ1n) is 4.20. The number of nitrogens with two attached hydrogens (primary N) is 1. The van der Waals surface area contributed by atoms with Gasteiger partial charge in [0.2, 0.25) is 0 Å². The van der Waals surface area contributed by atoms with Gasteiger partial charge < -0.3 is 5.73 Å². The summed E-state index contributed by atoms with van der Waals surface area (Å²) in [6.07, 6.45) is 0. The summed E-state index contributed by atoms with van der Waals surface area (Å²) in [5, 5.41) is 3.66. The van der Waals surface area contributed by atoms with Gasteiger partial charge in [-0.2, -0.15) is 0 Å². The Hall–Kier alpha value is -0.610. The van der Waals surface area contributed by atoms with Crippen LogP contribution >= 0.6 is 35.3 Å². The van der Waals surface area contributed by atoms with E-state index in [1.54, 1.807) is 11.3 Å². The Morgan fingerprint density at radius 2 is 2.20 bits per heavy atom. The molecule has 0 aliphatic rings. The minimum absolute atomic E-state index is 0. The van der Waals surface area contributed by atoms with E-state index in [9.17, 15) is 0 Å². The molecule has 2 nitrogen and oxygen atoms in total. The van der Waals surface area contributed by atoms with Gasteiger partial charge in [0.25, 0.3) is 0 Å². The molecule has 0 bridgehead atoms. The van der Waals surface area contributed by atoms with Crippen LogP contribution in [0.25, 0.3) is 11.3 Å². The SMILES string of the molecule is Cl.NCc1nc(-c2cccc(Cl)c2)cs1. The first-order valence-corrected chi connectivity index (χ1v) is 5.46. The fourth-order valence-electron chi connectivity index (χ4n) is 1.19. The summed E-state index contributed by atoms with van der Waals surface area (Å²) in [6, 6.07) is 7.65. The highest BCUT2D eigenvalue weighted by atomic mass is 35.5. The summed E-state index contributed by atoms with van der Waals surface area (Å²) in [5.41, 5.74) is 7.47. The molecular formula is C10H10Cl2N2S. The van der Waals surface area contributed by atoms with Crippen molar-refractivity contribution in [1.29, 1.82) is 0 Å². The lowest BCUT2D eigenvalue weighted by molar-refractivity contribution is 1.04. The quantitative estimate of drug-likeness (QED) is 0.900. The summed E-state index contributed by atoms with van der Waals surface area (Å²) >= 11 is 7.46. The standard InChI is InChI=1S/C10H9ClN2S.ClH/c11-8-3-1-2-7(4-8)9-6-14-10(5-12)13-9;/h1-4,6H,5,12H2;1H. The molecule has 0 amide bonds. The molecule has 1 aromatic heterocycles. The zero-order valence-electron chi connectivity index (χ0n) is 7.81. The smallest absolute Gasteiger partial charge is 0.107 e. The van der Waals surface area contributed by atoms with Gasteiger partial charge in [0.1, 0.15) is 5.01 Å². The van der Waals surface area contributed by atoms with Crippen LogP contribution in [0.2, 0.25) is 5.02 Å². The summed E-state index contributed by atoms with van der Waals surface area (Å²) < 4.78 is 0. The van der Waals surface area contributed by atoms with Gasteiger partial charge in [0.15, 0.2) is 0 Å². The minimum Gasteiger partial charge on any atom is -0.325 e. The number of hydrogen-bond donors (Lipinski definition) is 1. The summed E-state index contributed by atoms with van der Waals surface area (Å²) in [5.74, 6) is 0. The van der Waals surface area contributed by atoms with Crippen LogP contribution in [0.15, 0.2) is 29.6 Å². The minimum atomic E-state index is 0. The lowest BCUT2D eigenvalue weighted by Gasteiger charge is -1.96. The average Bonchev–Trinajstić information content (AvgIpc) is 2.66. The predicted octanol–water partition coefficient (Wildman–Crippen LogP) is 3.34. The van der Waals surface area contributed by atoms with Gasteiger partial charge in [-0.05, 0) is 12.1 Å². The molecule has 0 atom stereocenters. The van der Waals surface area contributed by atoms with Crippen molar-refractivity contribution in [3.05, 3.63) is 39.7 Å². The van der Waals surface area contributed by atoms with Crippen LogP contribution in [-0.4, -0.2) is 4.98 Å². The van der Waals surface area contributed by atoms with Crippen molar-refractivity contribution < 1.29 is 0 Å². The van der Waals surface area contributed by atoms with Crippen molar-refractivity contribution in [1.82, 2.24) is 4.98 Å².